The zero-order valence-electron chi connectivity index (χ0n) is 17.8. The minimum absolute atomic E-state index is 0.169. The lowest BCUT2D eigenvalue weighted by molar-refractivity contribution is -1.02. The van der Waals surface area contributed by atoms with E-state index < -0.39 is 0 Å². The van der Waals surface area contributed by atoms with Crippen molar-refractivity contribution in [3.8, 4) is 5.75 Å². The standard InChI is InChI=1S/C24H29N3O3/c1-3-26-11-13-27(14-12-26)16-19-20(28)9-10-21-23(19)22(17(2)30-21)24(29)25-15-18-7-5-4-6-8-18/h4-10,28H,3,11-16H2,1-2H3,(H,25,29)/p+2. The molecule has 30 heavy (non-hydrogen) atoms. The van der Waals surface area contributed by atoms with Crippen molar-refractivity contribution in [3.63, 3.8) is 0 Å². The summed E-state index contributed by atoms with van der Waals surface area (Å²) in [6, 6.07) is 13.3. The summed E-state index contributed by atoms with van der Waals surface area (Å²) >= 11 is 0. The van der Waals surface area contributed by atoms with E-state index in [9.17, 15) is 9.90 Å². The van der Waals surface area contributed by atoms with Crippen molar-refractivity contribution in [2.75, 3.05) is 32.7 Å². The summed E-state index contributed by atoms with van der Waals surface area (Å²) in [7, 11) is 0. The number of carbonyl (C=O) groups is 1. The van der Waals surface area contributed by atoms with Gasteiger partial charge in [0.2, 0.25) is 0 Å². The molecule has 1 aliphatic rings. The van der Waals surface area contributed by atoms with Crippen molar-refractivity contribution >= 4 is 16.9 Å². The first-order valence-electron chi connectivity index (χ1n) is 10.8. The first kappa shape index (κ1) is 20.4. The van der Waals surface area contributed by atoms with Crippen molar-refractivity contribution < 1.29 is 24.1 Å². The molecule has 1 fully saturated rings. The maximum atomic E-state index is 13.1. The van der Waals surface area contributed by atoms with Gasteiger partial charge in [-0.3, -0.25) is 4.79 Å². The molecular weight excluding hydrogens is 378 g/mol. The van der Waals surface area contributed by atoms with E-state index in [-0.39, 0.29) is 11.7 Å². The number of aryl methyl sites for hydroxylation is 1. The molecule has 1 amide bonds. The number of carbonyl (C=O) groups excluding carboxylic acids is 1. The van der Waals surface area contributed by atoms with Crippen molar-refractivity contribution in [2.45, 2.75) is 26.9 Å². The molecule has 2 heterocycles. The van der Waals surface area contributed by atoms with E-state index in [1.54, 1.807) is 17.0 Å². The molecule has 0 unspecified atom stereocenters. The number of likely N-dealkylation sites (N-methyl/N-ethyl adjacent to an activating group) is 1. The zero-order valence-corrected chi connectivity index (χ0v) is 17.8. The lowest BCUT2D eigenvalue weighted by atomic mass is 10.0. The number of fused-ring (bicyclic) bond motifs is 1. The highest BCUT2D eigenvalue weighted by Crippen LogP contribution is 2.33. The van der Waals surface area contributed by atoms with Crippen LogP contribution in [0.15, 0.2) is 46.9 Å². The van der Waals surface area contributed by atoms with Gasteiger partial charge in [0, 0.05) is 11.9 Å². The molecule has 1 aliphatic heterocycles. The topological polar surface area (TPSA) is 71.3 Å². The Hall–Kier alpha value is -2.83. The second-order valence-corrected chi connectivity index (χ2v) is 8.17. The highest BCUT2D eigenvalue weighted by atomic mass is 16.3. The van der Waals surface area contributed by atoms with Crippen LogP contribution in [0.4, 0.5) is 0 Å². The number of hydrogen-bond acceptors (Lipinski definition) is 3. The Bertz CT molecular complexity index is 1020. The number of furan rings is 1. The van der Waals surface area contributed by atoms with E-state index >= 15 is 0 Å². The fourth-order valence-corrected chi connectivity index (χ4v) is 4.42. The molecule has 2 aromatic carbocycles. The highest BCUT2D eigenvalue weighted by Gasteiger charge is 2.27. The summed E-state index contributed by atoms with van der Waals surface area (Å²) < 4.78 is 5.91. The Labute approximate surface area is 177 Å². The summed E-state index contributed by atoms with van der Waals surface area (Å²) in [5, 5.41) is 14.4. The second kappa shape index (κ2) is 8.90. The summed E-state index contributed by atoms with van der Waals surface area (Å²) in [5.74, 6) is 0.646. The normalized spacial score (nSPS) is 19.1. The van der Waals surface area contributed by atoms with Gasteiger partial charge in [-0.1, -0.05) is 30.3 Å². The van der Waals surface area contributed by atoms with Crippen LogP contribution in [-0.4, -0.2) is 43.7 Å². The summed E-state index contributed by atoms with van der Waals surface area (Å²) in [6.45, 7) is 10.7. The second-order valence-electron chi connectivity index (χ2n) is 8.17. The van der Waals surface area contributed by atoms with Crippen molar-refractivity contribution in [1.29, 1.82) is 0 Å². The molecule has 0 saturated carbocycles. The third-order valence-corrected chi connectivity index (χ3v) is 6.23. The van der Waals surface area contributed by atoms with Crippen molar-refractivity contribution in [3.05, 3.63) is 64.9 Å². The van der Waals surface area contributed by atoms with E-state index in [2.05, 4.69) is 12.2 Å². The van der Waals surface area contributed by atoms with Crippen LogP contribution in [-0.2, 0) is 13.1 Å². The average Bonchev–Trinajstić information content (AvgIpc) is 3.11. The quantitative estimate of drug-likeness (QED) is 0.484. The molecule has 0 atom stereocenters. The molecule has 3 aromatic rings. The summed E-state index contributed by atoms with van der Waals surface area (Å²) in [4.78, 5) is 16.1. The molecule has 0 radical (unpaired) electrons. The van der Waals surface area contributed by atoms with Crippen LogP contribution < -0.4 is 15.1 Å². The van der Waals surface area contributed by atoms with Gasteiger partial charge in [0.15, 0.2) is 0 Å². The third-order valence-electron chi connectivity index (χ3n) is 6.23. The number of phenols is 1. The van der Waals surface area contributed by atoms with Gasteiger partial charge in [0.1, 0.15) is 49.8 Å². The van der Waals surface area contributed by atoms with Gasteiger partial charge < -0.3 is 24.6 Å². The number of quaternary nitrogens is 2. The maximum absolute atomic E-state index is 13.1. The van der Waals surface area contributed by atoms with Gasteiger partial charge in [-0.2, -0.15) is 0 Å². The predicted molar refractivity (Wildman–Crippen MR) is 116 cm³/mol. The molecule has 6 heteroatoms. The highest BCUT2D eigenvalue weighted by molar-refractivity contribution is 6.08. The minimum Gasteiger partial charge on any atom is -0.507 e. The Morgan fingerprint density at radius 2 is 1.77 bits per heavy atom. The van der Waals surface area contributed by atoms with Crippen LogP contribution >= 0.6 is 0 Å². The first-order valence-corrected chi connectivity index (χ1v) is 10.8. The van der Waals surface area contributed by atoms with Crippen LogP contribution in [0, 0.1) is 6.92 Å². The predicted octanol–water partition coefficient (Wildman–Crippen LogP) is 0.680. The number of nitrogens with one attached hydrogen (secondary N) is 3. The van der Waals surface area contributed by atoms with Gasteiger partial charge in [0.05, 0.1) is 17.7 Å². The molecule has 1 saturated heterocycles. The lowest BCUT2D eigenvalue weighted by Gasteiger charge is -2.29. The lowest BCUT2D eigenvalue weighted by Crippen LogP contribution is -3.27. The largest absolute Gasteiger partial charge is 0.507 e. The Balaban J connectivity index is 1.61. The number of rotatable bonds is 6. The fourth-order valence-electron chi connectivity index (χ4n) is 4.42. The third kappa shape index (κ3) is 4.20. The number of phenolic OH excluding ortho intramolecular Hbond substituents is 1. The van der Waals surface area contributed by atoms with Crippen molar-refractivity contribution in [1.82, 2.24) is 5.32 Å². The molecule has 4 rings (SSSR count). The van der Waals surface area contributed by atoms with Crippen LogP contribution in [0.2, 0.25) is 0 Å². The van der Waals surface area contributed by atoms with Crippen LogP contribution in [0.25, 0.3) is 11.0 Å². The fraction of sp³-hybridized carbons (Fsp3) is 0.375. The molecular formula is C24H31N3O3+2. The molecule has 158 valence electrons. The van der Waals surface area contributed by atoms with Gasteiger partial charge in [-0.05, 0) is 31.5 Å². The van der Waals surface area contributed by atoms with Gasteiger partial charge in [-0.15, -0.1) is 0 Å². The number of benzene rings is 2. The van der Waals surface area contributed by atoms with Crippen molar-refractivity contribution in [2.24, 2.45) is 0 Å². The molecule has 6 nitrogen and oxygen atoms in total. The number of aromatic hydroxyl groups is 1. The van der Waals surface area contributed by atoms with E-state index in [4.69, 9.17) is 4.42 Å². The Morgan fingerprint density at radius 3 is 2.47 bits per heavy atom. The number of hydrogen-bond donors (Lipinski definition) is 4. The molecule has 1 aromatic heterocycles. The van der Waals surface area contributed by atoms with E-state index in [0.717, 1.165) is 49.2 Å². The number of amides is 1. The van der Waals surface area contributed by atoms with E-state index in [1.165, 1.54) is 4.90 Å². The van der Waals surface area contributed by atoms with Crippen LogP contribution in [0.5, 0.6) is 5.75 Å². The Kier molecular flexibility index (Phi) is 6.06. The van der Waals surface area contributed by atoms with E-state index in [1.807, 2.05) is 37.3 Å². The van der Waals surface area contributed by atoms with Gasteiger partial charge >= 0.3 is 0 Å². The smallest absolute Gasteiger partial charge is 0.255 e. The molecule has 0 bridgehead atoms. The number of piperazine rings is 1. The SMILES string of the molecule is CC[NH+]1CC[NH+](Cc2c(O)ccc3oc(C)c(C(=O)NCc4ccccc4)c23)CC1. The Morgan fingerprint density at radius 1 is 1.07 bits per heavy atom. The molecule has 0 aliphatic carbocycles. The van der Waals surface area contributed by atoms with Gasteiger partial charge in [0.25, 0.3) is 5.91 Å². The van der Waals surface area contributed by atoms with E-state index in [0.29, 0.717) is 30.0 Å². The van der Waals surface area contributed by atoms with Gasteiger partial charge in [-0.25, -0.2) is 0 Å². The molecule has 4 N–H and O–H groups in total. The average molecular weight is 410 g/mol. The first-order chi connectivity index (χ1) is 14.6. The summed E-state index contributed by atoms with van der Waals surface area (Å²) in [5.41, 5.74) is 3.04. The zero-order chi connectivity index (χ0) is 21.1. The summed E-state index contributed by atoms with van der Waals surface area (Å²) in [6.07, 6.45) is 0. The molecule has 0 spiro atoms. The van der Waals surface area contributed by atoms with Crippen LogP contribution in [0.3, 0.4) is 0 Å². The van der Waals surface area contributed by atoms with Crippen LogP contribution in [0.1, 0.15) is 34.2 Å². The maximum Gasteiger partial charge on any atom is 0.255 e. The monoisotopic (exact) mass is 409 g/mol. The minimum atomic E-state index is -0.169.